The Morgan fingerprint density at radius 2 is 2.12 bits per heavy atom. The van der Waals surface area contributed by atoms with Crippen LogP contribution in [0.3, 0.4) is 0 Å². The van der Waals surface area contributed by atoms with Gasteiger partial charge in [0, 0.05) is 11.6 Å². The summed E-state index contributed by atoms with van der Waals surface area (Å²) in [5.41, 5.74) is 3.65. The van der Waals surface area contributed by atoms with Gasteiger partial charge in [0.05, 0.1) is 15.6 Å². The predicted molar refractivity (Wildman–Crippen MR) is 93.2 cm³/mol. The second-order valence-electron chi connectivity index (χ2n) is 4.82. The van der Waals surface area contributed by atoms with Crippen LogP contribution in [0.1, 0.15) is 11.1 Å². The summed E-state index contributed by atoms with van der Waals surface area (Å²) in [5, 5.41) is 14.6. The molecular formula is C16H14BrN3O4. The highest BCUT2D eigenvalue weighted by Gasteiger charge is 2.11. The molecule has 0 bridgehead atoms. The molecule has 0 saturated carbocycles. The van der Waals surface area contributed by atoms with E-state index in [1.54, 1.807) is 18.2 Å². The maximum absolute atomic E-state index is 11.7. The highest BCUT2D eigenvalue weighted by atomic mass is 79.9. The molecule has 2 aromatic rings. The van der Waals surface area contributed by atoms with Crippen LogP contribution in [0.5, 0.6) is 5.75 Å². The Morgan fingerprint density at radius 3 is 2.83 bits per heavy atom. The first kappa shape index (κ1) is 17.6. The summed E-state index contributed by atoms with van der Waals surface area (Å²) in [6, 6.07) is 11.9. The Bertz CT molecular complexity index is 793. The number of para-hydroxylation sites is 1. The van der Waals surface area contributed by atoms with Gasteiger partial charge < -0.3 is 4.74 Å². The molecule has 0 atom stereocenters. The standard InChI is InChI=1S/C16H14BrN3O4/c1-11-4-2-3-5-15(11)24-10-16(21)19-18-9-12-6-7-13(17)14(8-12)20(22)23/h2-9H,10H2,1H3,(H,19,21)/b18-9-. The van der Waals surface area contributed by atoms with Gasteiger partial charge in [-0.3, -0.25) is 14.9 Å². The van der Waals surface area contributed by atoms with E-state index in [1.807, 2.05) is 25.1 Å². The van der Waals surface area contributed by atoms with E-state index in [0.29, 0.717) is 15.8 Å². The number of rotatable bonds is 6. The number of aryl methyl sites for hydroxylation is 1. The number of hydrogen-bond donors (Lipinski definition) is 1. The van der Waals surface area contributed by atoms with Crippen LogP contribution in [0, 0.1) is 17.0 Å². The minimum Gasteiger partial charge on any atom is -0.483 e. The molecule has 0 saturated heterocycles. The minimum atomic E-state index is -0.504. The van der Waals surface area contributed by atoms with Gasteiger partial charge in [-0.05, 0) is 40.5 Å². The lowest BCUT2D eigenvalue weighted by Gasteiger charge is -2.07. The van der Waals surface area contributed by atoms with E-state index in [2.05, 4.69) is 26.5 Å². The number of carbonyl (C=O) groups excluding carboxylic acids is 1. The molecule has 0 fully saturated rings. The molecule has 0 aliphatic rings. The zero-order chi connectivity index (χ0) is 17.5. The quantitative estimate of drug-likeness (QED) is 0.464. The number of ether oxygens (including phenoxy) is 1. The monoisotopic (exact) mass is 391 g/mol. The molecular weight excluding hydrogens is 378 g/mol. The molecule has 0 aliphatic heterocycles. The third kappa shape index (κ3) is 4.88. The molecule has 2 rings (SSSR count). The van der Waals surface area contributed by atoms with Gasteiger partial charge in [-0.2, -0.15) is 5.10 Å². The van der Waals surface area contributed by atoms with Crippen LogP contribution in [0.25, 0.3) is 0 Å². The SMILES string of the molecule is Cc1ccccc1OCC(=O)N/N=C\c1ccc(Br)c([N+](=O)[O-])c1. The number of benzene rings is 2. The highest BCUT2D eigenvalue weighted by Crippen LogP contribution is 2.24. The van der Waals surface area contributed by atoms with E-state index in [4.69, 9.17) is 4.74 Å². The van der Waals surface area contributed by atoms with E-state index in [1.165, 1.54) is 12.3 Å². The van der Waals surface area contributed by atoms with Crippen LogP contribution >= 0.6 is 15.9 Å². The summed E-state index contributed by atoms with van der Waals surface area (Å²) in [5.74, 6) is 0.196. The average molecular weight is 392 g/mol. The third-order valence-corrected chi connectivity index (χ3v) is 3.69. The summed E-state index contributed by atoms with van der Waals surface area (Å²) in [4.78, 5) is 22.0. The van der Waals surface area contributed by atoms with Gasteiger partial charge in [-0.1, -0.05) is 24.3 Å². The second-order valence-corrected chi connectivity index (χ2v) is 5.67. The van der Waals surface area contributed by atoms with Crippen molar-refractivity contribution in [2.75, 3.05) is 6.61 Å². The molecule has 1 N–H and O–H groups in total. The number of halogens is 1. The smallest absolute Gasteiger partial charge is 0.284 e. The van der Waals surface area contributed by atoms with Crippen LogP contribution in [0.15, 0.2) is 52.0 Å². The molecule has 2 aromatic carbocycles. The lowest BCUT2D eigenvalue weighted by molar-refractivity contribution is -0.385. The largest absolute Gasteiger partial charge is 0.483 e. The number of nitro benzene ring substituents is 1. The van der Waals surface area contributed by atoms with Crippen LogP contribution in [-0.2, 0) is 4.79 Å². The van der Waals surface area contributed by atoms with Crippen LogP contribution in [-0.4, -0.2) is 23.7 Å². The summed E-state index contributed by atoms with van der Waals surface area (Å²) in [6.07, 6.45) is 1.32. The molecule has 0 aromatic heterocycles. The van der Waals surface area contributed by atoms with Gasteiger partial charge in [0.2, 0.25) is 0 Å². The van der Waals surface area contributed by atoms with Gasteiger partial charge in [-0.25, -0.2) is 5.43 Å². The molecule has 0 aliphatic carbocycles. The van der Waals surface area contributed by atoms with Crippen LogP contribution in [0.2, 0.25) is 0 Å². The lowest BCUT2D eigenvalue weighted by atomic mass is 10.2. The molecule has 8 heteroatoms. The van der Waals surface area contributed by atoms with E-state index in [9.17, 15) is 14.9 Å². The van der Waals surface area contributed by atoms with Crippen molar-refractivity contribution < 1.29 is 14.5 Å². The zero-order valence-electron chi connectivity index (χ0n) is 12.7. The van der Waals surface area contributed by atoms with Crippen molar-refractivity contribution in [2.45, 2.75) is 6.92 Å². The second kappa shape index (κ2) is 8.21. The number of nitro groups is 1. The van der Waals surface area contributed by atoms with Crippen LogP contribution < -0.4 is 10.2 Å². The molecule has 0 unspecified atom stereocenters. The first-order chi connectivity index (χ1) is 11.5. The van der Waals surface area contributed by atoms with Crippen molar-refractivity contribution in [3.8, 4) is 5.75 Å². The molecule has 0 spiro atoms. The molecule has 0 heterocycles. The van der Waals surface area contributed by atoms with Crippen molar-refractivity contribution in [2.24, 2.45) is 5.10 Å². The zero-order valence-corrected chi connectivity index (χ0v) is 14.3. The lowest BCUT2D eigenvalue weighted by Crippen LogP contribution is -2.24. The maximum Gasteiger partial charge on any atom is 0.284 e. The van der Waals surface area contributed by atoms with Crippen molar-refractivity contribution in [3.05, 3.63) is 68.2 Å². The predicted octanol–water partition coefficient (Wildman–Crippen LogP) is 3.19. The summed E-state index contributed by atoms with van der Waals surface area (Å²) < 4.78 is 5.76. The first-order valence-electron chi connectivity index (χ1n) is 6.91. The normalized spacial score (nSPS) is 10.6. The number of nitrogens with zero attached hydrogens (tertiary/aromatic N) is 2. The number of amides is 1. The van der Waals surface area contributed by atoms with E-state index < -0.39 is 10.8 Å². The van der Waals surface area contributed by atoms with Crippen molar-refractivity contribution in [1.82, 2.24) is 5.43 Å². The van der Waals surface area contributed by atoms with Gasteiger partial charge in [0.25, 0.3) is 11.6 Å². The maximum atomic E-state index is 11.7. The van der Waals surface area contributed by atoms with Gasteiger partial charge in [0.1, 0.15) is 5.75 Å². The third-order valence-electron chi connectivity index (χ3n) is 3.02. The molecule has 7 nitrogen and oxygen atoms in total. The Labute approximate surface area is 146 Å². The summed E-state index contributed by atoms with van der Waals surface area (Å²) in [6.45, 7) is 1.70. The fourth-order valence-corrected chi connectivity index (χ4v) is 2.21. The summed E-state index contributed by atoms with van der Waals surface area (Å²) >= 11 is 3.10. The van der Waals surface area contributed by atoms with Gasteiger partial charge in [0.15, 0.2) is 6.61 Å². The highest BCUT2D eigenvalue weighted by molar-refractivity contribution is 9.10. The topological polar surface area (TPSA) is 93.8 Å². The Morgan fingerprint density at radius 1 is 1.38 bits per heavy atom. The van der Waals surface area contributed by atoms with Crippen molar-refractivity contribution in [1.29, 1.82) is 0 Å². The number of nitrogens with one attached hydrogen (secondary N) is 1. The average Bonchev–Trinajstić information content (AvgIpc) is 2.55. The van der Waals surface area contributed by atoms with E-state index in [0.717, 1.165) is 5.56 Å². The molecule has 24 heavy (non-hydrogen) atoms. The number of carbonyl (C=O) groups is 1. The van der Waals surface area contributed by atoms with Gasteiger partial charge >= 0.3 is 0 Å². The fraction of sp³-hybridized carbons (Fsp3) is 0.125. The number of hydrazone groups is 1. The van der Waals surface area contributed by atoms with Gasteiger partial charge in [-0.15, -0.1) is 0 Å². The molecule has 124 valence electrons. The van der Waals surface area contributed by atoms with E-state index in [-0.39, 0.29) is 12.3 Å². The Kier molecular flexibility index (Phi) is 6.02. The molecule has 0 radical (unpaired) electrons. The van der Waals surface area contributed by atoms with E-state index >= 15 is 0 Å². The summed E-state index contributed by atoms with van der Waals surface area (Å²) in [7, 11) is 0. The fourth-order valence-electron chi connectivity index (χ4n) is 1.82. The Balaban J connectivity index is 1.90. The first-order valence-corrected chi connectivity index (χ1v) is 7.71. The molecule has 1 amide bonds. The van der Waals surface area contributed by atoms with Crippen LogP contribution in [0.4, 0.5) is 5.69 Å². The van der Waals surface area contributed by atoms with Crippen molar-refractivity contribution >= 4 is 33.7 Å². The minimum absolute atomic E-state index is 0.0758. The number of hydrogen-bond acceptors (Lipinski definition) is 5. The van der Waals surface area contributed by atoms with Crippen molar-refractivity contribution in [3.63, 3.8) is 0 Å². The Hall–Kier alpha value is -2.74.